The molecular weight excluding hydrogens is 508 g/mol. The number of carboxylic acids is 1. The van der Waals surface area contributed by atoms with E-state index >= 15 is 0 Å². The molecule has 186 valence electrons. The maximum Gasteiger partial charge on any atom is 0.278 e. The van der Waals surface area contributed by atoms with Gasteiger partial charge in [0.2, 0.25) is 11.5 Å². The van der Waals surface area contributed by atoms with Crippen LogP contribution < -0.4 is 20.7 Å². The second-order valence-corrected chi connectivity index (χ2v) is 9.77. The molecule has 0 aliphatic carbocycles. The van der Waals surface area contributed by atoms with Crippen molar-refractivity contribution in [3.63, 3.8) is 0 Å². The molecule has 1 fully saturated rings. The van der Waals surface area contributed by atoms with E-state index in [2.05, 4.69) is 24.8 Å². The first kappa shape index (κ1) is 23.7. The molecule has 0 spiro atoms. The lowest BCUT2D eigenvalue weighted by Gasteiger charge is -2.50. The fourth-order valence-corrected chi connectivity index (χ4v) is 5.77. The van der Waals surface area contributed by atoms with Gasteiger partial charge in [-0.3, -0.25) is 14.5 Å². The number of aliphatic carboxylic acids is 1. The maximum absolute atomic E-state index is 13.0. The highest BCUT2D eigenvalue weighted by molar-refractivity contribution is 8.00. The molecule has 15 heteroatoms. The number of fused-ring (bicyclic) bond motifs is 2. The van der Waals surface area contributed by atoms with Crippen molar-refractivity contribution in [3.05, 3.63) is 47.8 Å². The molecule has 2 amide bonds. The third kappa shape index (κ3) is 4.26. The number of carboxylic acid groups (broad SMARTS) is 1. The van der Waals surface area contributed by atoms with E-state index in [1.54, 1.807) is 6.92 Å². The number of hydrogen-bond donors (Lipinski definition) is 3. The molecule has 5 heterocycles. The number of rotatable bonds is 8. The number of carbonyl (C=O) groups excluding carboxylic acids is 3. The Balaban J connectivity index is 1.35. The molecular formula is C21H20N8O5S2. The number of β-lactam (4-membered cyclic amide) rings is 1. The molecule has 36 heavy (non-hydrogen) atoms. The first-order valence-electron chi connectivity index (χ1n) is 10.8. The van der Waals surface area contributed by atoms with E-state index in [-0.39, 0.29) is 35.5 Å². The molecule has 0 radical (unpaired) electrons. The molecule has 13 nitrogen and oxygen atoms in total. The van der Waals surface area contributed by atoms with Crippen LogP contribution in [-0.2, 0) is 25.8 Å². The highest BCUT2D eigenvalue weighted by Crippen LogP contribution is 2.40. The summed E-state index contributed by atoms with van der Waals surface area (Å²) in [7, 11) is 0. The third-order valence-corrected chi connectivity index (χ3v) is 7.49. The molecule has 2 aliphatic rings. The van der Waals surface area contributed by atoms with Gasteiger partial charge in [0.15, 0.2) is 24.1 Å². The molecule has 0 saturated carbocycles. The molecule has 3 aromatic heterocycles. The SMILES string of the molecule is CCON=C(C(=O)N[C@@H]1C(=O)N2C(C(=O)[O-])=C(C[n+]3ccc4cc[nH]c4c3)CS[C@H]12)c1nsc(N)n1. The largest absolute Gasteiger partial charge is 0.543 e. The fourth-order valence-electron chi connectivity index (χ4n) is 4.00. The number of hydrogen-bond acceptors (Lipinski definition) is 11. The summed E-state index contributed by atoms with van der Waals surface area (Å²) in [6, 6.07) is 2.88. The average Bonchev–Trinajstić information content (AvgIpc) is 3.50. The van der Waals surface area contributed by atoms with Gasteiger partial charge < -0.3 is 30.8 Å². The van der Waals surface area contributed by atoms with Crippen molar-refractivity contribution in [1.29, 1.82) is 0 Å². The van der Waals surface area contributed by atoms with Gasteiger partial charge in [-0.2, -0.15) is 13.9 Å². The van der Waals surface area contributed by atoms with Crippen molar-refractivity contribution in [3.8, 4) is 0 Å². The van der Waals surface area contributed by atoms with Gasteiger partial charge in [-0.25, -0.2) is 0 Å². The number of thioether (sulfide) groups is 1. The number of aromatic amines is 1. The Labute approximate surface area is 212 Å². The number of pyridine rings is 1. The maximum atomic E-state index is 13.0. The summed E-state index contributed by atoms with van der Waals surface area (Å²) >= 11 is 2.24. The molecule has 0 aromatic carbocycles. The van der Waals surface area contributed by atoms with E-state index in [1.807, 2.05) is 35.3 Å². The number of aromatic nitrogens is 4. The van der Waals surface area contributed by atoms with Gasteiger partial charge in [-0.15, -0.1) is 11.8 Å². The molecule has 0 bridgehead atoms. The number of H-pyrrole nitrogens is 1. The summed E-state index contributed by atoms with van der Waals surface area (Å²) in [6.07, 6.45) is 5.52. The number of carbonyl (C=O) groups is 3. The van der Waals surface area contributed by atoms with Crippen LogP contribution in [0.4, 0.5) is 5.13 Å². The minimum Gasteiger partial charge on any atom is -0.543 e. The van der Waals surface area contributed by atoms with Crippen LogP contribution in [0.1, 0.15) is 12.7 Å². The van der Waals surface area contributed by atoms with Crippen molar-refractivity contribution in [1.82, 2.24) is 24.6 Å². The topological polar surface area (TPSA) is 183 Å². The Bertz CT molecular complexity index is 1430. The quantitative estimate of drug-likeness (QED) is 0.139. The highest BCUT2D eigenvalue weighted by atomic mass is 32.2. The highest BCUT2D eigenvalue weighted by Gasteiger charge is 2.53. The minimum absolute atomic E-state index is 0.0305. The minimum atomic E-state index is -1.45. The zero-order chi connectivity index (χ0) is 25.4. The molecule has 5 rings (SSSR count). The first-order valence-corrected chi connectivity index (χ1v) is 12.6. The summed E-state index contributed by atoms with van der Waals surface area (Å²) in [6.45, 7) is 2.15. The van der Waals surface area contributed by atoms with Crippen LogP contribution in [0, 0.1) is 0 Å². The van der Waals surface area contributed by atoms with Gasteiger partial charge in [-0.05, 0) is 13.0 Å². The Morgan fingerprint density at radius 1 is 1.44 bits per heavy atom. The fraction of sp³-hybridized carbons (Fsp3) is 0.286. The molecule has 1 saturated heterocycles. The van der Waals surface area contributed by atoms with Gasteiger partial charge in [-0.1, -0.05) is 5.16 Å². The van der Waals surface area contributed by atoms with Gasteiger partial charge in [0.1, 0.15) is 23.5 Å². The second kappa shape index (κ2) is 9.58. The van der Waals surface area contributed by atoms with E-state index in [0.717, 1.165) is 27.3 Å². The number of anilines is 1. The van der Waals surface area contributed by atoms with Crippen LogP contribution in [0.25, 0.3) is 10.9 Å². The van der Waals surface area contributed by atoms with Crippen LogP contribution in [0.5, 0.6) is 0 Å². The van der Waals surface area contributed by atoms with E-state index in [0.29, 0.717) is 11.3 Å². The van der Waals surface area contributed by atoms with Crippen LogP contribution >= 0.6 is 23.3 Å². The number of nitrogen functional groups attached to an aromatic ring is 1. The van der Waals surface area contributed by atoms with Gasteiger partial charge in [0.05, 0.1) is 11.7 Å². The Kier molecular flexibility index (Phi) is 6.32. The van der Waals surface area contributed by atoms with Crippen LogP contribution in [0.15, 0.2) is 47.1 Å². The molecule has 2 atom stereocenters. The zero-order valence-corrected chi connectivity index (χ0v) is 20.5. The normalized spacial score (nSPS) is 19.8. The second-order valence-electron chi connectivity index (χ2n) is 7.88. The predicted molar refractivity (Wildman–Crippen MR) is 128 cm³/mol. The van der Waals surface area contributed by atoms with Crippen molar-refractivity contribution >= 4 is 62.8 Å². The predicted octanol–water partition coefficient (Wildman–Crippen LogP) is -1.27. The summed E-state index contributed by atoms with van der Waals surface area (Å²) < 4.78 is 5.82. The smallest absolute Gasteiger partial charge is 0.278 e. The summed E-state index contributed by atoms with van der Waals surface area (Å²) in [4.78, 5) is 51.2. The first-order chi connectivity index (χ1) is 17.4. The lowest BCUT2D eigenvalue weighted by Crippen LogP contribution is -2.71. The molecule has 2 aliphatic heterocycles. The van der Waals surface area contributed by atoms with Crippen molar-refractivity contribution in [2.24, 2.45) is 5.16 Å². The number of oxime groups is 1. The number of nitrogens with two attached hydrogens (primary N) is 1. The van der Waals surface area contributed by atoms with E-state index in [9.17, 15) is 19.5 Å². The zero-order valence-electron chi connectivity index (χ0n) is 18.8. The van der Waals surface area contributed by atoms with E-state index in [4.69, 9.17) is 10.6 Å². The van der Waals surface area contributed by atoms with Crippen molar-refractivity contribution in [2.75, 3.05) is 18.1 Å². The van der Waals surface area contributed by atoms with Crippen LogP contribution in [-0.4, -0.2) is 66.5 Å². The Hall–Kier alpha value is -3.98. The van der Waals surface area contributed by atoms with Crippen LogP contribution in [0.3, 0.4) is 0 Å². The third-order valence-electron chi connectivity index (χ3n) is 5.61. The summed E-state index contributed by atoms with van der Waals surface area (Å²) in [5.41, 5.74) is 6.64. The Morgan fingerprint density at radius 3 is 3.00 bits per heavy atom. The van der Waals surface area contributed by atoms with Gasteiger partial charge in [0.25, 0.3) is 11.8 Å². The molecule has 4 N–H and O–H groups in total. The number of amides is 2. The van der Waals surface area contributed by atoms with Gasteiger partial charge in [0, 0.05) is 40.5 Å². The Morgan fingerprint density at radius 2 is 2.28 bits per heavy atom. The van der Waals surface area contributed by atoms with Crippen molar-refractivity contribution < 1.29 is 28.9 Å². The molecule has 3 aromatic rings. The monoisotopic (exact) mass is 528 g/mol. The van der Waals surface area contributed by atoms with Crippen molar-refractivity contribution in [2.45, 2.75) is 24.9 Å². The lowest BCUT2D eigenvalue weighted by molar-refractivity contribution is -0.687. The summed E-state index contributed by atoms with van der Waals surface area (Å²) in [5.74, 6) is -2.44. The lowest BCUT2D eigenvalue weighted by atomic mass is 10.0. The van der Waals surface area contributed by atoms with Gasteiger partial charge >= 0.3 is 0 Å². The number of nitrogens with one attached hydrogen (secondary N) is 2. The van der Waals surface area contributed by atoms with E-state index in [1.165, 1.54) is 11.8 Å². The standard InChI is InChI=1S/C21H20N8O5S2/c1-2-34-26-13(16-25-21(22)36-27-16)17(30)24-14-18(31)29-15(20(32)33)11(9-35-19(14)29)7-28-6-4-10-3-5-23-12(10)8-28/h3-6,8,14,19H,2,7,9H2,1H3,(H4,22,24,25,27,30,32,33)/t14-,19-/m1/s1. The summed E-state index contributed by atoms with van der Waals surface area (Å²) in [5, 5.41) is 19.0. The van der Waals surface area contributed by atoms with Crippen LogP contribution in [0.2, 0.25) is 0 Å². The molecule has 0 unspecified atom stereocenters. The number of nitrogens with zero attached hydrogens (tertiary/aromatic N) is 5. The average molecular weight is 529 g/mol. The van der Waals surface area contributed by atoms with E-state index < -0.39 is 29.2 Å².